The number of nitrogens with zero attached hydrogens (tertiary/aromatic N) is 24. The number of fused-ring (bicyclic) bond motifs is 5. The van der Waals surface area contributed by atoms with Crippen LogP contribution in [0.1, 0.15) is 104 Å². The molecule has 1 atom stereocenters. The Bertz CT molecular complexity index is 7300. The molecule has 5 aromatic carbocycles. The van der Waals surface area contributed by atoms with Crippen LogP contribution >= 0.6 is 0 Å². The highest BCUT2D eigenvalue weighted by molar-refractivity contribution is 5.81. The number of nitrogens with one attached hydrogen (secondary N) is 6. The Morgan fingerprint density at radius 1 is 0.381 bits per heavy atom. The predicted molar refractivity (Wildman–Crippen MR) is 535 cm³/mol. The Morgan fingerprint density at radius 3 is 0.973 bits per heavy atom. The highest BCUT2D eigenvalue weighted by atomic mass is 19.4. The minimum atomic E-state index is -4.38. The second kappa shape index (κ2) is 42.7. The highest BCUT2D eigenvalue weighted by Gasteiger charge is 2.57. The SMILES string of the molecule is CC(=O)N1CCc2c(c(Nc3cccc(-c4cn[nH]c4)c3)nn2C)C1.CC(=O)N1CCc2c(c(Nc3cccc(-c4cnn(C)c4)c3)nn2CC(F)(F)F)C1.CC(=O)N1CCc2c(c(Nc3cccc(-c4cnn(C)c4)c3)nn2CC2CC2(F)F)C1.CC(=O)N1CCc2c(c(Nc3cccc(-c4cnn(C)c4)c3)nn2CC2COC2)C1.CC(=O)N1CCc2c(c(Nc3cccc(-c4cnn(C)c4)c3)nn2CCC(F)(F)F)C1. The number of hydrogen-bond donors (Lipinski definition) is 6. The number of aromatic nitrogens is 20. The maximum atomic E-state index is 13.5. The van der Waals surface area contributed by atoms with E-state index in [9.17, 15) is 59.1 Å². The van der Waals surface area contributed by atoms with Crippen LogP contribution in [0.5, 0.6) is 0 Å². The van der Waals surface area contributed by atoms with E-state index < -0.39 is 37.2 Å². The summed E-state index contributed by atoms with van der Waals surface area (Å²) in [5, 5.41) is 63.2. The van der Waals surface area contributed by atoms with E-state index in [1.165, 1.54) is 29.9 Å². The molecule has 1 saturated carbocycles. The molecule has 22 rings (SSSR count). The standard InChI is InChI=1S/C22H24F2N6O.C22H26N6O2.C21H23F3N6O.C20H21F3N6O.C18H20N6O/c1-14(31)29-7-6-20-19(13-29)21(27-30(20)12-17-9-22(17,23)24)26-18-5-3-4-15(8-18)16-10-25-28(2)11-16;1-15(29)27-7-6-21-20(12-27)22(25-28(21)10-16-13-30-14-16)24-19-5-3-4-17(8-19)18-9-23-26(2)11-18;1-14(31)29-8-6-19-18(13-29)20(27-30(19)9-7-21(22,23)24)26-17-5-3-4-15(10-17)16-11-25-28(2)12-16;1-13(30)28-7-6-18-17(11-28)19(26-29(18)12-20(21,22)23)25-16-5-3-4-14(8-16)15-9-24-27(2)10-15;1-12(25)24-7-6-17-16(11-24)18(22-23(17)2)21-15-5-3-4-13(8-15)14-9-19-20-10-14/h3-5,8,10-11,17H,6-7,9,12-13H2,1-2H3,(H,26,27);3-5,8-9,11,16H,6-7,10,12-14H2,1-2H3,(H,24,25);3-5,10-12H,6-9,13H2,1-2H3,(H,26,27);3-5,8-10H,6-7,11-12H2,1-2H3,(H,25,26);3-5,8-10H,6-7,11H2,1-2H3,(H,19,20)(H,21,22). The average molecular weight is 2020 g/mol. The normalized spacial score (nSPS) is 15.5. The van der Waals surface area contributed by atoms with Crippen molar-refractivity contribution in [2.75, 3.05) is 72.5 Å². The van der Waals surface area contributed by atoms with E-state index in [0.29, 0.717) is 105 Å². The van der Waals surface area contributed by atoms with Gasteiger partial charge in [0, 0.05) is 310 Å². The molecule has 0 radical (unpaired) electrons. The zero-order valence-corrected chi connectivity index (χ0v) is 82.9. The lowest BCUT2D eigenvalue weighted by molar-refractivity contribution is -0.143. The summed E-state index contributed by atoms with van der Waals surface area (Å²) in [5.41, 5.74) is 23.3. The molecule has 1 unspecified atom stereocenters. The fourth-order valence-electron chi connectivity index (χ4n) is 19.0. The lowest BCUT2D eigenvalue weighted by Crippen LogP contribution is -2.36. The molecule has 0 bridgehead atoms. The molecular weight excluding hydrogens is 1910 g/mol. The fraction of sp³-hybridized carbons (Fsp3) is 0.369. The average Bonchev–Trinajstić information content (AvgIpc) is 1.81. The minimum Gasteiger partial charge on any atom is -0.381 e. The molecule has 7 aliphatic rings. The van der Waals surface area contributed by atoms with Gasteiger partial charge in [-0.25, -0.2) is 8.78 Å². The molecule has 44 heteroatoms. The summed E-state index contributed by atoms with van der Waals surface area (Å²) in [7, 11) is 9.40. The van der Waals surface area contributed by atoms with Crippen molar-refractivity contribution >= 4 is 87.1 Å². The number of amides is 5. The third-order valence-electron chi connectivity index (χ3n) is 27.0. The van der Waals surface area contributed by atoms with Crippen LogP contribution in [-0.2, 0) is 155 Å². The van der Waals surface area contributed by atoms with Gasteiger partial charge in [0.2, 0.25) is 29.5 Å². The van der Waals surface area contributed by atoms with Crippen LogP contribution < -0.4 is 26.6 Å². The quantitative estimate of drug-likeness (QED) is 0.0343. The lowest BCUT2D eigenvalue weighted by Gasteiger charge is -2.29. The minimum absolute atomic E-state index is 0.00310. The molecule has 1 saturated heterocycles. The van der Waals surface area contributed by atoms with Crippen LogP contribution in [0.15, 0.2) is 183 Å². The summed E-state index contributed by atoms with van der Waals surface area (Å²) < 4.78 is 125. The highest BCUT2D eigenvalue weighted by Crippen LogP contribution is 2.50. The molecule has 5 amide bonds. The van der Waals surface area contributed by atoms with Crippen LogP contribution in [0.3, 0.4) is 0 Å². The Labute approximate surface area is 841 Å². The molecule has 6 aliphatic heterocycles. The van der Waals surface area contributed by atoms with Crippen LogP contribution in [0.4, 0.5) is 92.6 Å². The van der Waals surface area contributed by atoms with E-state index >= 15 is 0 Å². The summed E-state index contributed by atoms with van der Waals surface area (Å²) in [6, 6.07) is 39.4. The largest absolute Gasteiger partial charge is 0.408 e. The third-order valence-corrected chi connectivity index (χ3v) is 27.0. The molecule has 15 aromatic rings. The van der Waals surface area contributed by atoms with Crippen molar-refractivity contribution in [1.82, 2.24) is 123 Å². The van der Waals surface area contributed by atoms with Gasteiger partial charge in [0.15, 0.2) is 29.1 Å². The number of aryl methyl sites for hydroxylation is 6. The molecule has 36 nitrogen and oxygen atoms in total. The van der Waals surface area contributed by atoms with Gasteiger partial charge in [-0.1, -0.05) is 60.7 Å². The smallest absolute Gasteiger partial charge is 0.381 e. The predicted octanol–water partition coefficient (Wildman–Crippen LogP) is 16.0. The van der Waals surface area contributed by atoms with Crippen LogP contribution in [0.25, 0.3) is 55.6 Å². The summed E-state index contributed by atoms with van der Waals surface area (Å²) >= 11 is 0. The van der Waals surface area contributed by atoms with E-state index in [1.807, 2.05) is 190 Å². The molecule has 0 spiro atoms. The van der Waals surface area contributed by atoms with E-state index in [1.54, 1.807) is 83.7 Å². The number of benzene rings is 5. The van der Waals surface area contributed by atoms with E-state index in [4.69, 9.17) is 9.84 Å². The van der Waals surface area contributed by atoms with Crippen molar-refractivity contribution < 1.29 is 63.8 Å². The van der Waals surface area contributed by atoms with Crippen LogP contribution in [0, 0.1) is 11.8 Å². The number of rotatable bonds is 22. The molecular formula is C103H114F8N30O6. The van der Waals surface area contributed by atoms with Crippen molar-refractivity contribution in [2.24, 2.45) is 47.1 Å². The van der Waals surface area contributed by atoms with Gasteiger partial charge in [-0.05, 0) is 88.5 Å². The van der Waals surface area contributed by atoms with Gasteiger partial charge in [-0.2, -0.15) is 77.3 Å². The summed E-state index contributed by atoms with van der Waals surface area (Å²) in [6.07, 6.45) is 11.9. The fourth-order valence-corrected chi connectivity index (χ4v) is 19.0. The van der Waals surface area contributed by atoms with Gasteiger partial charge >= 0.3 is 12.4 Å². The first-order valence-corrected chi connectivity index (χ1v) is 48.4. The van der Waals surface area contributed by atoms with Crippen molar-refractivity contribution in [3.05, 3.63) is 240 Å². The summed E-state index contributed by atoms with van der Waals surface area (Å²) in [4.78, 5) is 68.1. The van der Waals surface area contributed by atoms with E-state index in [0.717, 1.165) is 174 Å². The zero-order chi connectivity index (χ0) is 103. The van der Waals surface area contributed by atoms with Crippen molar-refractivity contribution in [2.45, 2.75) is 157 Å². The number of alkyl halides is 8. The number of anilines is 10. The number of hydrogen-bond acceptors (Lipinski definition) is 21. The number of ether oxygens (including phenoxy) is 1. The first kappa shape index (κ1) is 101. The van der Waals surface area contributed by atoms with Crippen molar-refractivity contribution in [1.29, 1.82) is 0 Å². The number of carbonyl (C=O) groups excluding carboxylic acids is 5. The van der Waals surface area contributed by atoms with Gasteiger partial charge in [-0.15, -0.1) is 0 Å². The van der Waals surface area contributed by atoms with E-state index in [2.05, 4.69) is 100 Å². The lowest BCUT2D eigenvalue weighted by atomic mass is 10.1. The van der Waals surface area contributed by atoms with Crippen molar-refractivity contribution in [3.8, 4) is 55.6 Å². The summed E-state index contributed by atoms with van der Waals surface area (Å²) in [5.74, 6) is 0.350. The Hall–Kier alpha value is -16.1. The zero-order valence-electron chi connectivity index (χ0n) is 82.9. The first-order valence-electron chi connectivity index (χ1n) is 48.4. The van der Waals surface area contributed by atoms with Gasteiger partial charge in [0.05, 0.1) is 89.9 Å². The number of halogens is 8. The van der Waals surface area contributed by atoms with Crippen molar-refractivity contribution in [3.63, 3.8) is 0 Å². The third kappa shape index (κ3) is 24.3. The van der Waals surface area contributed by atoms with Gasteiger partial charge in [0.25, 0.3) is 5.92 Å². The molecule has 10 aromatic heterocycles. The number of aromatic amines is 1. The Kier molecular flexibility index (Phi) is 29.3. The maximum Gasteiger partial charge on any atom is 0.408 e. The maximum absolute atomic E-state index is 13.5. The Morgan fingerprint density at radius 2 is 0.680 bits per heavy atom. The second-order valence-corrected chi connectivity index (χ2v) is 37.9. The van der Waals surface area contributed by atoms with Crippen LogP contribution in [0.2, 0.25) is 0 Å². The second-order valence-electron chi connectivity index (χ2n) is 37.9. The van der Waals surface area contributed by atoms with Gasteiger partial charge in [0.1, 0.15) is 6.54 Å². The summed E-state index contributed by atoms with van der Waals surface area (Å²) in [6.45, 7) is 14.1. The molecule has 1 aliphatic carbocycles. The van der Waals surface area contributed by atoms with Crippen LogP contribution in [-0.4, -0.2) is 216 Å². The number of carbonyl (C=O) groups is 5. The molecule has 768 valence electrons. The molecule has 2 fully saturated rings. The first-order chi connectivity index (χ1) is 70.4. The topological polar surface area (TPSA) is 360 Å². The Balaban J connectivity index is 0.000000121. The monoisotopic (exact) mass is 2020 g/mol. The van der Waals surface area contributed by atoms with Gasteiger partial charge < -0.3 is 55.8 Å². The molecule has 147 heavy (non-hydrogen) atoms. The molecule has 6 N–H and O–H groups in total. The van der Waals surface area contributed by atoms with E-state index in [-0.39, 0.29) is 55.6 Å². The van der Waals surface area contributed by atoms with Gasteiger partial charge in [-0.3, -0.25) is 71.2 Å². The number of H-pyrrole nitrogens is 1. The molecule has 16 heterocycles.